The second kappa shape index (κ2) is 8.19. The minimum atomic E-state index is -4.94. The number of aromatic nitrogens is 3. The Bertz CT molecular complexity index is 1060. The Morgan fingerprint density at radius 1 is 1.03 bits per heavy atom. The zero-order valence-corrected chi connectivity index (χ0v) is 15.1. The van der Waals surface area contributed by atoms with Crippen LogP contribution in [0.2, 0.25) is 0 Å². The van der Waals surface area contributed by atoms with Gasteiger partial charge in [0.15, 0.2) is 11.4 Å². The predicted octanol–water partition coefficient (Wildman–Crippen LogP) is 2.85. The summed E-state index contributed by atoms with van der Waals surface area (Å²) in [6.07, 6.45) is -4.94. The molecule has 2 aromatic carbocycles. The van der Waals surface area contributed by atoms with Gasteiger partial charge in [-0.1, -0.05) is 17.3 Å². The molecule has 156 valence electrons. The van der Waals surface area contributed by atoms with Gasteiger partial charge in [-0.05, 0) is 42.0 Å². The van der Waals surface area contributed by atoms with Crippen molar-refractivity contribution >= 4 is 17.6 Å². The van der Waals surface area contributed by atoms with Gasteiger partial charge in [0.05, 0.1) is 5.69 Å². The monoisotopic (exact) mass is 422 g/mol. The number of hydrogen-bond donors (Lipinski definition) is 3. The summed E-state index contributed by atoms with van der Waals surface area (Å²) >= 11 is 0. The van der Waals surface area contributed by atoms with Crippen molar-refractivity contribution in [2.45, 2.75) is 12.7 Å². The Labute approximate surface area is 166 Å². The first-order valence-electron chi connectivity index (χ1n) is 8.37. The van der Waals surface area contributed by atoms with Gasteiger partial charge in [0, 0.05) is 12.2 Å². The fraction of sp³-hybridized carbons (Fsp3) is 0.111. The molecule has 0 aliphatic rings. The fourth-order valence-electron chi connectivity index (χ4n) is 2.57. The van der Waals surface area contributed by atoms with Crippen molar-refractivity contribution < 1.29 is 27.2 Å². The second-order valence-corrected chi connectivity index (χ2v) is 6.04. The summed E-state index contributed by atoms with van der Waals surface area (Å²) in [5.41, 5.74) is 3.56. The topological polar surface area (TPSA) is 115 Å². The molecule has 3 amide bonds. The van der Waals surface area contributed by atoms with E-state index in [9.17, 15) is 27.2 Å². The van der Waals surface area contributed by atoms with Crippen LogP contribution in [0.1, 0.15) is 21.7 Å². The lowest BCUT2D eigenvalue weighted by molar-refractivity contribution is -0.143. The lowest BCUT2D eigenvalue weighted by Gasteiger charge is -2.11. The summed E-state index contributed by atoms with van der Waals surface area (Å²) in [5.74, 6) is -1.72. The van der Waals surface area contributed by atoms with Crippen molar-refractivity contribution in [1.82, 2.24) is 20.3 Å². The van der Waals surface area contributed by atoms with Gasteiger partial charge in [-0.25, -0.2) is 13.9 Å². The highest BCUT2D eigenvalue weighted by Gasteiger charge is 2.42. The summed E-state index contributed by atoms with van der Waals surface area (Å²) in [4.78, 5) is 23.1. The molecule has 12 heteroatoms. The smallest absolute Gasteiger partial charge is 0.351 e. The molecular formula is C18H14F4N6O2. The molecule has 8 nitrogen and oxygen atoms in total. The maximum absolute atomic E-state index is 13.6. The molecule has 0 bridgehead atoms. The van der Waals surface area contributed by atoms with E-state index >= 15 is 0 Å². The van der Waals surface area contributed by atoms with Crippen LogP contribution in [0.15, 0.2) is 48.5 Å². The number of urea groups is 1. The highest BCUT2D eigenvalue weighted by atomic mass is 19.4. The van der Waals surface area contributed by atoms with Crippen LogP contribution in [-0.2, 0) is 12.7 Å². The van der Waals surface area contributed by atoms with E-state index in [0.717, 1.165) is 24.3 Å². The molecule has 0 atom stereocenters. The maximum Gasteiger partial charge on any atom is 0.435 e. The van der Waals surface area contributed by atoms with Crippen molar-refractivity contribution in [2.24, 2.45) is 5.73 Å². The van der Waals surface area contributed by atoms with Gasteiger partial charge < -0.3 is 16.4 Å². The zero-order valence-electron chi connectivity index (χ0n) is 15.1. The van der Waals surface area contributed by atoms with Crippen LogP contribution in [0, 0.1) is 5.82 Å². The van der Waals surface area contributed by atoms with E-state index in [1.165, 1.54) is 12.1 Å². The third-order valence-corrected chi connectivity index (χ3v) is 3.90. The molecule has 30 heavy (non-hydrogen) atoms. The van der Waals surface area contributed by atoms with E-state index < -0.39 is 35.3 Å². The molecule has 1 heterocycles. The van der Waals surface area contributed by atoms with Gasteiger partial charge in [-0.2, -0.15) is 13.2 Å². The molecule has 0 aliphatic carbocycles. The van der Waals surface area contributed by atoms with Gasteiger partial charge in [0.25, 0.3) is 5.91 Å². The van der Waals surface area contributed by atoms with Crippen LogP contribution in [0.5, 0.6) is 0 Å². The summed E-state index contributed by atoms with van der Waals surface area (Å²) in [6.45, 7) is -0.101. The Kier molecular flexibility index (Phi) is 5.67. The number of nitrogens with two attached hydrogens (primary N) is 1. The number of nitrogens with one attached hydrogen (secondary N) is 2. The number of carbonyl (C=O) groups excluding carboxylic acids is 2. The summed E-state index contributed by atoms with van der Waals surface area (Å²) < 4.78 is 54.2. The van der Waals surface area contributed by atoms with Crippen molar-refractivity contribution in [1.29, 1.82) is 0 Å². The number of amides is 3. The number of nitrogens with zero attached hydrogens (tertiary/aromatic N) is 3. The normalized spacial score (nSPS) is 11.2. The average Bonchev–Trinajstić information content (AvgIpc) is 3.13. The quantitative estimate of drug-likeness (QED) is 0.549. The molecule has 3 rings (SSSR count). The average molecular weight is 422 g/mol. The fourth-order valence-corrected chi connectivity index (χ4v) is 2.57. The largest absolute Gasteiger partial charge is 0.435 e. The van der Waals surface area contributed by atoms with Crippen LogP contribution < -0.4 is 16.4 Å². The first kappa shape index (κ1) is 20.8. The summed E-state index contributed by atoms with van der Waals surface area (Å²) in [5, 5.41) is 11.5. The molecular weight excluding hydrogens is 408 g/mol. The van der Waals surface area contributed by atoms with Crippen molar-refractivity contribution in [3.63, 3.8) is 0 Å². The van der Waals surface area contributed by atoms with E-state index in [2.05, 4.69) is 20.9 Å². The van der Waals surface area contributed by atoms with Gasteiger partial charge in [0.1, 0.15) is 5.82 Å². The van der Waals surface area contributed by atoms with Gasteiger partial charge in [0.2, 0.25) is 0 Å². The standard InChI is InChI=1S/C18H14F4N6O2/c19-11-3-7-13(8-4-11)28-15(18(20,21)22)14(26-27-28)16(29)24-9-10-1-5-12(6-2-10)25-17(23)30/h1-8H,9H2,(H,24,29)(H3,23,25,30). The SMILES string of the molecule is NC(=O)Nc1ccc(CNC(=O)c2nnn(-c3ccc(F)cc3)c2C(F)(F)F)cc1. The molecule has 4 N–H and O–H groups in total. The molecule has 3 aromatic rings. The van der Waals surface area contributed by atoms with E-state index in [4.69, 9.17) is 5.73 Å². The molecule has 0 saturated carbocycles. The van der Waals surface area contributed by atoms with Crippen LogP contribution in [0.25, 0.3) is 5.69 Å². The van der Waals surface area contributed by atoms with Crippen LogP contribution in [0.4, 0.5) is 28.0 Å². The maximum atomic E-state index is 13.6. The molecule has 0 unspecified atom stereocenters. The third-order valence-electron chi connectivity index (χ3n) is 3.90. The van der Waals surface area contributed by atoms with Gasteiger partial charge in [-0.3, -0.25) is 4.79 Å². The van der Waals surface area contributed by atoms with E-state index in [1.807, 2.05) is 0 Å². The number of anilines is 1. The van der Waals surface area contributed by atoms with E-state index in [1.54, 1.807) is 12.1 Å². The molecule has 0 radical (unpaired) electrons. The Balaban J connectivity index is 1.80. The molecule has 1 aromatic heterocycles. The minimum Gasteiger partial charge on any atom is -0.351 e. The zero-order chi connectivity index (χ0) is 21.9. The highest BCUT2D eigenvalue weighted by Crippen LogP contribution is 2.32. The van der Waals surface area contributed by atoms with Crippen molar-refractivity contribution in [3.8, 4) is 5.69 Å². The minimum absolute atomic E-state index is 0.101. The molecule has 0 saturated heterocycles. The first-order chi connectivity index (χ1) is 14.1. The second-order valence-electron chi connectivity index (χ2n) is 6.04. The number of hydrogen-bond acceptors (Lipinski definition) is 4. The summed E-state index contributed by atoms with van der Waals surface area (Å²) in [6, 6.07) is 9.47. The third kappa shape index (κ3) is 4.71. The number of carbonyl (C=O) groups is 2. The van der Waals surface area contributed by atoms with Gasteiger partial charge >= 0.3 is 12.2 Å². The van der Waals surface area contributed by atoms with E-state index in [-0.39, 0.29) is 12.2 Å². The first-order valence-corrected chi connectivity index (χ1v) is 8.37. The van der Waals surface area contributed by atoms with Crippen molar-refractivity contribution in [3.05, 3.63) is 71.3 Å². The number of benzene rings is 2. The van der Waals surface area contributed by atoms with Gasteiger partial charge in [-0.15, -0.1) is 5.10 Å². The van der Waals surface area contributed by atoms with Crippen molar-refractivity contribution in [2.75, 3.05) is 5.32 Å². The Morgan fingerprint density at radius 2 is 1.67 bits per heavy atom. The predicted molar refractivity (Wildman–Crippen MR) is 97.1 cm³/mol. The number of halogens is 4. The number of rotatable bonds is 5. The van der Waals surface area contributed by atoms with Crippen LogP contribution in [-0.4, -0.2) is 26.9 Å². The lowest BCUT2D eigenvalue weighted by atomic mass is 10.2. The Hall–Kier alpha value is -3.96. The number of alkyl halides is 3. The molecule has 0 fully saturated rings. The van der Waals surface area contributed by atoms with Crippen LogP contribution >= 0.6 is 0 Å². The molecule has 0 aliphatic heterocycles. The summed E-state index contributed by atoms with van der Waals surface area (Å²) in [7, 11) is 0. The van der Waals surface area contributed by atoms with Crippen LogP contribution in [0.3, 0.4) is 0 Å². The Morgan fingerprint density at radius 3 is 2.23 bits per heavy atom. The lowest BCUT2D eigenvalue weighted by Crippen LogP contribution is -2.27. The van der Waals surface area contributed by atoms with E-state index in [0.29, 0.717) is 15.9 Å². The molecule has 0 spiro atoms. The number of primary amides is 1. The highest BCUT2D eigenvalue weighted by molar-refractivity contribution is 5.93.